The predicted molar refractivity (Wildman–Crippen MR) is 101 cm³/mol. The van der Waals surface area contributed by atoms with E-state index in [1.807, 2.05) is 17.5 Å². The molecule has 3 rings (SSSR count). The summed E-state index contributed by atoms with van der Waals surface area (Å²) in [6.07, 6.45) is 1.18. The lowest BCUT2D eigenvalue weighted by atomic mass is 10.1. The van der Waals surface area contributed by atoms with Crippen LogP contribution < -0.4 is 5.32 Å². The van der Waals surface area contributed by atoms with Crippen LogP contribution in [0.3, 0.4) is 0 Å². The normalized spacial score (nSPS) is 14.0. The molecule has 3 amide bonds. The SMILES string of the molecule is C=CC(=O)Nc1cccc(C(=O)N2CCN(C(=O)c3cccs3)CC2)c1. The highest BCUT2D eigenvalue weighted by molar-refractivity contribution is 7.12. The molecule has 2 heterocycles. The number of amides is 3. The summed E-state index contributed by atoms with van der Waals surface area (Å²) in [5, 5.41) is 4.53. The molecule has 0 saturated carbocycles. The van der Waals surface area contributed by atoms with Crippen LogP contribution in [0.4, 0.5) is 5.69 Å². The van der Waals surface area contributed by atoms with Gasteiger partial charge in [-0.25, -0.2) is 0 Å². The molecule has 6 nitrogen and oxygen atoms in total. The third-order valence-electron chi connectivity index (χ3n) is 4.15. The summed E-state index contributed by atoms with van der Waals surface area (Å²) < 4.78 is 0. The largest absolute Gasteiger partial charge is 0.335 e. The van der Waals surface area contributed by atoms with Crippen LogP contribution >= 0.6 is 11.3 Å². The van der Waals surface area contributed by atoms with E-state index < -0.39 is 0 Å². The van der Waals surface area contributed by atoms with Crippen molar-refractivity contribution in [3.63, 3.8) is 0 Å². The van der Waals surface area contributed by atoms with Gasteiger partial charge in [0.25, 0.3) is 11.8 Å². The predicted octanol–water partition coefficient (Wildman–Crippen LogP) is 2.47. The zero-order chi connectivity index (χ0) is 18.5. The van der Waals surface area contributed by atoms with Crippen molar-refractivity contribution in [1.82, 2.24) is 9.80 Å². The Morgan fingerprint density at radius 2 is 1.69 bits per heavy atom. The lowest BCUT2D eigenvalue weighted by Crippen LogP contribution is -2.50. The number of thiophene rings is 1. The average Bonchev–Trinajstić information content (AvgIpc) is 3.22. The summed E-state index contributed by atoms with van der Waals surface area (Å²) in [5.41, 5.74) is 1.05. The fourth-order valence-corrected chi connectivity index (χ4v) is 3.47. The van der Waals surface area contributed by atoms with Crippen molar-refractivity contribution in [1.29, 1.82) is 0 Å². The van der Waals surface area contributed by atoms with E-state index in [0.717, 1.165) is 4.88 Å². The van der Waals surface area contributed by atoms with Crippen LogP contribution in [0.5, 0.6) is 0 Å². The van der Waals surface area contributed by atoms with Crippen LogP contribution in [0, 0.1) is 0 Å². The Hall–Kier alpha value is -2.93. The van der Waals surface area contributed by atoms with E-state index in [1.54, 1.807) is 34.1 Å². The highest BCUT2D eigenvalue weighted by Crippen LogP contribution is 2.17. The molecular weight excluding hydrogens is 350 g/mol. The van der Waals surface area contributed by atoms with Crippen LogP contribution in [0.2, 0.25) is 0 Å². The van der Waals surface area contributed by atoms with Gasteiger partial charge in [-0.05, 0) is 35.7 Å². The number of hydrogen-bond donors (Lipinski definition) is 1. The van der Waals surface area contributed by atoms with Crippen molar-refractivity contribution in [2.75, 3.05) is 31.5 Å². The zero-order valence-electron chi connectivity index (χ0n) is 14.2. The van der Waals surface area contributed by atoms with Crippen LogP contribution in [-0.4, -0.2) is 53.7 Å². The topological polar surface area (TPSA) is 69.7 Å². The first kappa shape index (κ1) is 17.9. The van der Waals surface area contributed by atoms with Gasteiger partial charge in [0, 0.05) is 37.4 Å². The van der Waals surface area contributed by atoms with E-state index in [-0.39, 0.29) is 17.7 Å². The second-order valence-electron chi connectivity index (χ2n) is 5.84. The molecule has 0 spiro atoms. The molecule has 0 bridgehead atoms. The van der Waals surface area contributed by atoms with Crippen molar-refractivity contribution >= 4 is 34.7 Å². The summed E-state index contributed by atoms with van der Waals surface area (Å²) in [6.45, 7) is 5.40. The Kier molecular flexibility index (Phi) is 5.48. The van der Waals surface area contributed by atoms with E-state index in [4.69, 9.17) is 0 Å². The van der Waals surface area contributed by atoms with Crippen LogP contribution in [0.25, 0.3) is 0 Å². The lowest BCUT2D eigenvalue weighted by molar-refractivity contribution is -0.111. The molecule has 1 N–H and O–H groups in total. The lowest BCUT2D eigenvalue weighted by Gasteiger charge is -2.34. The first-order valence-electron chi connectivity index (χ1n) is 8.24. The van der Waals surface area contributed by atoms with Crippen molar-refractivity contribution in [3.8, 4) is 0 Å². The quantitative estimate of drug-likeness (QED) is 0.842. The van der Waals surface area contributed by atoms with Gasteiger partial charge in [-0.3, -0.25) is 14.4 Å². The van der Waals surface area contributed by atoms with E-state index in [0.29, 0.717) is 37.4 Å². The first-order chi connectivity index (χ1) is 12.6. The highest BCUT2D eigenvalue weighted by Gasteiger charge is 2.26. The zero-order valence-corrected chi connectivity index (χ0v) is 15.0. The molecule has 7 heteroatoms. The molecule has 1 aromatic carbocycles. The van der Waals surface area contributed by atoms with Crippen LogP contribution in [-0.2, 0) is 4.79 Å². The van der Waals surface area contributed by atoms with E-state index in [1.165, 1.54) is 17.4 Å². The van der Waals surface area contributed by atoms with Gasteiger partial charge in [0.1, 0.15) is 0 Å². The summed E-state index contributed by atoms with van der Waals surface area (Å²) in [6, 6.07) is 10.5. The van der Waals surface area contributed by atoms with Gasteiger partial charge in [0.15, 0.2) is 0 Å². The molecule has 1 saturated heterocycles. The van der Waals surface area contributed by atoms with Crippen molar-refractivity contribution in [3.05, 3.63) is 64.9 Å². The van der Waals surface area contributed by atoms with Crippen molar-refractivity contribution in [2.45, 2.75) is 0 Å². The van der Waals surface area contributed by atoms with Gasteiger partial charge in [-0.1, -0.05) is 18.7 Å². The number of carbonyl (C=O) groups excluding carboxylic acids is 3. The minimum Gasteiger partial charge on any atom is -0.335 e. The van der Waals surface area contributed by atoms with E-state index in [2.05, 4.69) is 11.9 Å². The fraction of sp³-hybridized carbons (Fsp3) is 0.211. The Labute approximate surface area is 155 Å². The minimum atomic E-state index is -0.324. The molecule has 134 valence electrons. The molecule has 1 aliphatic rings. The Balaban J connectivity index is 1.61. The van der Waals surface area contributed by atoms with Crippen LogP contribution in [0.15, 0.2) is 54.4 Å². The Morgan fingerprint density at radius 3 is 2.31 bits per heavy atom. The van der Waals surface area contributed by atoms with Crippen molar-refractivity contribution < 1.29 is 14.4 Å². The smallest absolute Gasteiger partial charge is 0.264 e. The van der Waals surface area contributed by atoms with E-state index >= 15 is 0 Å². The standard InChI is InChI=1S/C19H19N3O3S/c1-2-17(23)20-15-6-3-5-14(13-15)18(24)21-8-10-22(11-9-21)19(25)16-7-4-12-26-16/h2-7,12-13H,1,8-11H2,(H,20,23). The number of nitrogens with zero attached hydrogens (tertiary/aromatic N) is 2. The molecule has 2 aromatic rings. The molecule has 26 heavy (non-hydrogen) atoms. The molecule has 1 fully saturated rings. The van der Waals surface area contributed by atoms with Crippen molar-refractivity contribution in [2.24, 2.45) is 0 Å². The third-order valence-corrected chi connectivity index (χ3v) is 5.01. The number of benzene rings is 1. The van der Waals surface area contributed by atoms with Crippen LogP contribution in [0.1, 0.15) is 20.0 Å². The number of carbonyl (C=O) groups is 3. The monoisotopic (exact) mass is 369 g/mol. The molecule has 0 radical (unpaired) electrons. The summed E-state index contributed by atoms with van der Waals surface area (Å²) in [5.74, 6) is -0.417. The molecular formula is C19H19N3O3S. The van der Waals surface area contributed by atoms with Gasteiger partial charge >= 0.3 is 0 Å². The molecule has 1 aromatic heterocycles. The molecule has 0 unspecified atom stereocenters. The van der Waals surface area contributed by atoms with E-state index in [9.17, 15) is 14.4 Å². The molecule has 0 atom stereocenters. The highest BCUT2D eigenvalue weighted by atomic mass is 32.1. The maximum atomic E-state index is 12.7. The Bertz CT molecular complexity index is 824. The number of anilines is 1. The summed E-state index contributed by atoms with van der Waals surface area (Å²) in [4.78, 5) is 40.7. The number of nitrogens with one attached hydrogen (secondary N) is 1. The first-order valence-corrected chi connectivity index (χ1v) is 9.12. The number of hydrogen-bond acceptors (Lipinski definition) is 4. The molecule has 0 aliphatic carbocycles. The second-order valence-corrected chi connectivity index (χ2v) is 6.78. The van der Waals surface area contributed by atoms with Gasteiger partial charge in [-0.15, -0.1) is 11.3 Å². The Morgan fingerprint density at radius 1 is 1.00 bits per heavy atom. The second kappa shape index (κ2) is 7.97. The number of piperazine rings is 1. The maximum Gasteiger partial charge on any atom is 0.264 e. The fourth-order valence-electron chi connectivity index (χ4n) is 2.77. The molecule has 1 aliphatic heterocycles. The van der Waals surface area contributed by atoms with Gasteiger partial charge in [-0.2, -0.15) is 0 Å². The average molecular weight is 369 g/mol. The minimum absolute atomic E-state index is 0.0150. The van der Waals surface area contributed by atoms with Gasteiger partial charge < -0.3 is 15.1 Å². The third kappa shape index (κ3) is 4.00. The summed E-state index contributed by atoms with van der Waals surface area (Å²) >= 11 is 1.42. The summed E-state index contributed by atoms with van der Waals surface area (Å²) in [7, 11) is 0. The maximum absolute atomic E-state index is 12.7. The van der Waals surface area contributed by atoms with Gasteiger partial charge in [0.05, 0.1) is 4.88 Å². The van der Waals surface area contributed by atoms with Gasteiger partial charge in [0.2, 0.25) is 5.91 Å². The number of rotatable bonds is 4.